The van der Waals surface area contributed by atoms with Crippen LogP contribution in [0.15, 0.2) is 83.8 Å². The molecule has 1 aliphatic rings. The van der Waals surface area contributed by atoms with E-state index in [1.807, 2.05) is 47.0 Å². The predicted molar refractivity (Wildman–Crippen MR) is 122 cm³/mol. The van der Waals surface area contributed by atoms with Gasteiger partial charge < -0.3 is 14.6 Å². The van der Waals surface area contributed by atoms with E-state index in [1.165, 1.54) is 0 Å². The van der Waals surface area contributed by atoms with Gasteiger partial charge in [0.25, 0.3) is 5.91 Å². The molecule has 0 saturated heterocycles. The largest absolute Gasteiger partial charge is 0.489 e. The molecular weight excluding hydrogens is 388 g/mol. The highest BCUT2D eigenvalue weighted by atomic mass is 16.5. The normalized spacial score (nSPS) is 14.5. The molecule has 1 N–H and O–H groups in total. The highest BCUT2D eigenvalue weighted by Gasteiger charge is 2.24. The lowest BCUT2D eigenvalue weighted by molar-refractivity contribution is 0.102. The fourth-order valence-corrected chi connectivity index (χ4v) is 4.15. The van der Waals surface area contributed by atoms with Gasteiger partial charge in [-0.05, 0) is 54.8 Å². The van der Waals surface area contributed by atoms with Gasteiger partial charge in [-0.1, -0.05) is 42.5 Å². The SMILES string of the molecule is CC1Cc2cccc3c(=O)c(C(=O)Nc4ccc(OCc5ccccc5)cc4)cn1c23. The monoisotopic (exact) mass is 410 g/mol. The zero-order valence-electron chi connectivity index (χ0n) is 17.2. The Kier molecular flexibility index (Phi) is 4.79. The van der Waals surface area contributed by atoms with Gasteiger partial charge in [0.2, 0.25) is 5.43 Å². The number of hydrogen-bond acceptors (Lipinski definition) is 3. The summed E-state index contributed by atoms with van der Waals surface area (Å²) in [6.45, 7) is 2.57. The summed E-state index contributed by atoms with van der Waals surface area (Å²) < 4.78 is 7.83. The maximum Gasteiger partial charge on any atom is 0.261 e. The van der Waals surface area contributed by atoms with Gasteiger partial charge in [-0.2, -0.15) is 0 Å². The maximum atomic E-state index is 13.0. The number of nitrogens with zero attached hydrogens (tertiary/aromatic N) is 1. The van der Waals surface area contributed by atoms with Crippen molar-refractivity contribution >= 4 is 22.5 Å². The number of rotatable bonds is 5. The summed E-state index contributed by atoms with van der Waals surface area (Å²) in [6.07, 6.45) is 2.56. The van der Waals surface area contributed by atoms with Crippen molar-refractivity contribution in [2.24, 2.45) is 0 Å². The number of nitrogens with one attached hydrogen (secondary N) is 1. The molecule has 3 aromatic carbocycles. The molecule has 0 radical (unpaired) electrons. The summed E-state index contributed by atoms with van der Waals surface area (Å²) >= 11 is 0. The third kappa shape index (κ3) is 3.59. The van der Waals surface area contributed by atoms with E-state index < -0.39 is 5.91 Å². The van der Waals surface area contributed by atoms with Crippen molar-refractivity contribution in [3.63, 3.8) is 0 Å². The van der Waals surface area contributed by atoms with Crippen LogP contribution in [0.25, 0.3) is 10.9 Å². The van der Waals surface area contributed by atoms with Crippen molar-refractivity contribution < 1.29 is 9.53 Å². The molecule has 0 bridgehead atoms. The molecule has 0 spiro atoms. The third-order valence-electron chi connectivity index (χ3n) is 5.73. The predicted octanol–water partition coefficient (Wildman–Crippen LogP) is 4.95. The number of aromatic nitrogens is 1. The van der Waals surface area contributed by atoms with Gasteiger partial charge in [-0.15, -0.1) is 0 Å². The van der Waals surface area contributed by atoms with Crippen LogP contribution in [0.1, 0.15) is 34.5 Å². The first-order valence-electron chi connectivity index (χ1n) is 10.3. The summed E-state index contributed by atoms with van der Waals surface area (Å²) in [5.41, 5.74) is 3.71. The molecule has 4 aromatic rings. The quantitative estimate of drug-likeness (QED) is 0.506. The van der Waals surface area contributed by atoms with Crippen LogP contribution in [0.3, 0.4) is 0 Å². The second-order valence-corrected chi connectivity index (χ2v) is 7.90. The van der Waals surface area contributed by atoms with Crippen molar-refractivity contribution in [1.82, 2.24) is 4.57 Å². The van der Waals surface area contributed by atoms with Crippen LogP contribution in [0.5, 0.6) is 5.75 Å². The number of para-hydroxylation sites is 1. The molecule has 1 aliphatic heterocycles. The Bertz CT molecular complexity index is 1320. The van der Waals surface area contributed by atoms with E-state index in [0.29, 0.717) is 23.4 Å². The number of carbonyl (C=O) groups excluding carboxylic acids is 1. The molecule has 1 aromatic heterocycles. The average Bonchev–Trinajstić information content (AvgIpc) is 3.12. The first kappa shape index (κ1) is 19.1. The zero-order valence-corrected chi connectivity index (χ0v) is 17.2. The summed E-state index contributed by atoms with van der Waals surface area (Å²) in [5, 5.41) is 3.44. The van der Waals surface area contributed by atoms with Gasteiger partial charge in [0, 0.05) is 23.3 Å². The minimum absolute atomic E-state index is 0.155. The van der Waals surface area contributed by atoms with E-state index in [0.717, 1.165) is 23.1 Å². The number of ether oxygens (including phenoxy) is 1. The standard InChI is InChI=1S/C26H22N2O3/c1-17-14-19-8-5-9-22-24(19)28(17)15-23(25(22)29)26(30)27-20-10-12-21(13-11-20)31-16-18-6-3-2-4-7-18/h2-13,15,17H,14,16H2,1H3,(H,27,30). The fourth-order valence-electron chi connectivity index (χ4n) is 4.15. The smallest absolute Gasteiger partial charge is 0.261 e. The Morgan fingerprint density at radius 1 is 1.03 bits per heavy atom. The Labute approximate surface area is 179 Å². The van der Waals surface area contributed by atoms with E-state index in [1.54, 1.807) is 36.5 Å². The molecule has 1 amide bonds. The summed E-state index contributed by atoms with van der Waals surface area (Å²) in [5.74, 6) is 0.306. The van der Waals surface area contributed by atoms with Crippen LogP contribution in [0, 0.1) is 0 Å². The highest BCUT2D eigenvalue weighted by molar-refractivity contribution is 6.06. The van der Waals surface area contributed by atoms with Crippen molar-refractivity contribution in [3.8, 4) is 5.75 Å². The number of amides is 1. The minimum atomic E-state index is -0.405. The van der Waals surface area contributed by atoms with Gasteiger partial charge in [0.15, 0.2) is 0 Å². The Hall–Kier alpha value is -3.86. The molecule has 0 aliphatic carbocycles. The van der Waals surface area contributed by atoms with Crippen LogP contribution in [-0.2, 0) is 13.0 Å². The zero-order chi connectivity index (χ0) is 21.4. The summed E-state index contributed by atoms with van der Waals surface area (Å²) in [6, 6.07) is 23.0. The van der Waals surface area contributed by atoms with Crippen LogP contribution in [0.4, 0.5) is 5.69 Å². The molecule has 5 nitrogen and oxygen atoms in total. The summed E-state index contributed by atoms with van der Waals surface area (Å²) in [7, 11) is 0. The molecule has 31 heavy (non-hydrogen) atoms. The lowest BCUT2D eigenvalue weighted by Gasteiger charge is -2.13. The second-order valence-electron chi connectivity index (χ2n) is 7.90. The maximum absolute atomic E-state index is 13.0. The lowest BCUT2D eigenvalue weighted by Crippen LogP contribution is -2.23. The molecule has 2 heterocycles. The summed E-state index contributed by atoms with van der Waals surface area (Å²) in [4.78, 5) is 25.9. The van der Waals surface area contributed by atoms with Crippen molar-refractivity contribution in [1.29, 1.82) is 0 Å². The van der Waals surface area contributed by atoms with E-state index in [9.17, 15) is 9.59 Å². The van der Waals surface area contributed by atoms with Crippen LogP contribution in [-0.4, -0.2) is 10.5 Å². The van der Waals surface area contributed by atoms with Gasteiger partial charge in [0.05, 0.1) is 5.52 Å². The average molecular weight is 410 g/mol. The number of anilines is 1. The Morgan fingerprint density at radius 3 is 2.58 bits per heavy atom. The van der Waals surface area contributed by atoms with Gasteiger partial charge in [0.1, 0.15) is 17.9 Å². The van der Waals surface area contributed by atoms with E-state index in [2.05, 4.69) is 12.2 Å². The Morgan fingerprint density at radius 2 is 1.81 bits per heavy atom. The first-order valence-corrected chi connectivity index (χ1v) is 10.3. The Balaban J connectivity index is 1.35. The first-order chi connectivity index (χ1) is 15.1. The molecule has 1 atom stereocenters. The topological polar surface area (TPSA) is 60.3 Å². The second kappa shape index (κ2) is 7.76. The molecule has 154 valence electrons. The van der Waals surface area contributed by atoms with Gasteiger partial charge >= 0.3 is 0 Å². The number of pyridine rings is 1. The van der Waals surface area contributed by atoms with E-state index in [-0.39, 0.29) is 17.0 Å². The molecule has 1 unspecified atom stereocenters. The lowest BCUT2D eigenvalue weighted by atomic mass is 10.1. The number of carbonyl (C=O) groups is 1. The van der Waals surface area contributed by atoms with E-state index in [4.69, 9.17) is 4.74 Å². The van der Waals surface area contributed by atoms with Gasteiger partial charge in [-0.25, -0.2) is 0 Å². The fraction of sp³-hybridized carbons (Fsp3) is 0.154. The van der Waals surface area contributed by atoms with Crippen LogP contribution < -0.4 is 15.5 Å². The minimum Gasteiger partial charge on any atom is -0.489 e. The molecule has 0 saturated carbocycles. The highest BCUT2D eigenvalue weighted by Crippen LogP contribution is 2.31. The van der Waals surface area contributed by atoms with Crippen LogP contribution in [0.2, 0.25) is 0 Å². The van der Waals surface area contributed by atoms with Gasteiger partial charge in [-0.3, -0.25) is 9.59 Å². The molecular formula is C26H22N2O3. The molecule has 5 heteroatoms. The molecule has 0 fully saturated rings. The number of hydrogen-bond donors (Lipinski definition) is 1. The van der Waals surface area contributed by atoms with Crippen LogP contribution >= 0.6 is 0 Å². The third-order valence-corrected chi connectivity index (χ3v) is 5.73. The number of benzene rings is 3. The van der Waals surface area contributed by atoms with Crippen molar-refractivity contribution in [3.05, 3.63) is 106 Å². The van der Waals surface area contributed by atoms with E-state index >= 15 is 0 Å². The van der Waals surface area contributed by atoms with Crippen molar-refractivity contribution in [2.45, 2.75) is 26.0 Å². The molecule has 5 rings (SSSR count). The van der Waals surface area contributed by atoms with Crippen molar-refractivity contribution in [2.75, 3.05) is 5.32 Å².